The van der Waals surface area contributed by atoms with Crippen LogP contribution in [0.15, 0.2) is 28.7 Å². The van der Waals surface area contributed by atoms with Crippen molar-refractivity contribution in [2.45, 2.75) is 0 Å². The maximum atomic E-state index is 2.91. The van der Waals surface area contributed by atoms with Crippen molar-refractivity contribution >= 4 is 11.8 Å². The van der Waals surface area contributed by atoms with Crippen LogP contribution < -0.4 is 0 Å². The van der Waals surface area contributed by atoms with Crippen molar-refractivity contribution in [1.29, 1.82) is 0 Å². The molecule has 0 N–H and O–H groups in total. The maximum absolute atomic E-state index is 2.91. The van der Waals surface area contributed by atoms with E-state index in [2.05, 4.69) is 5.73 Å². The van der Waals surface area contributed by atoms with Crippen LogP contribution >= 0.6 is 11.8 Å². The highest BCUT2D eigenvalue weighted by atomic mass is 32.2. The molecule has 0 spiro atoms. The van der Waals surface area contributed by atoms with E-state index < -0.39 is 0 Å². The molecule has 6 heavy (non-hydrogen) atoms. The summed E-state index contributed by atoms with van der Waals surface area (Å²) in [7, 11) is 0. The molecule has 1 aliphatic heterocycles. The molecule has 0 unspecified atom stereocenters. The second kappa shape index (κ2) is 1.91. The predicted octanol–water partition coefficient (Wildman–Crippen LogP) is 1.92. The van der Waals surface area contributed by atoms with E-state index in [1.165, 1.54) is 0 Å². The van der Waals surface area contributed by atoms with Gasteiger partial charge in [0.15, 0.2) is 0 Å². The monoisotopic (exact) mass is 96.0 g/mol. The number of rotatable bonds is 0. The zero-order valence-corrected chi connectivity index (χ0v) is 4.03. The second-order valence-corrected chi connectivity index (χ2v) is 1.70. The van der Waals surface area contributed by atoms with Crippen LogP contribution in [-0.2, 0) is 0 Å². The fourth-order valence-electron chi connectivity index (χ4n) is 0.258. The third-order valence-electron chi connectivity index (χ3n) is 0.486. The van der Waals surface area contributed by atoms with Gasteiger partial charge in [-0.05, 0) is 17.6 Å². The highest BCUT2D eigenvalue weighted by Crippen LogP contribution is 2.04. The van der Waals surface area contributed by atoms with E-state index in [4.69, 9.17) is 0 Å². The Labute approximate surface area is 41.2 Å². The first-order valence-electron chi connectivity index (χ1n) is 1.72. The van der Waals surface area contributed by atoms with E-state index in [0.29, 0.717) is 0 Å². The first-order chi connectivity index (χ1) is 3.00. The van der Waals surface area contributed by atoms with Gasteiger partial charge < -0.3 is 0 Å². The van der Waals surface area contributed by atoms with Gasteiger partial charge in [0.1, 0.15) is 0 Å². The average molecular weight is 96.2 g/mol. The Morgan fingerprint density at radius 1 is 1.50 bits per heavy atom. The van der Waals surface area contributed by atoms with Crippen molar-refractivity contribution in [2.75, 3.05) is 0 Å². The Balaban J connectivity index is 2.78. The van der Waals surface area contributed by atoms with E-state index in [1.54, 1.807) is 11.8 Å². The average Bonchev–Trinajstić information content (AvgIpc) is 1.72. The Kier molecular flexibility index (Phi) is 1.21. The van der Waals surface area contributed by atoms with E-state index in [0.717, 1.165) is 0 Å². The molecule has 0 saturated heterocycles. The summed E-state index contributed by atoms with van der Waals surface area (Å²) < 4.78 is 0. The summed E-state index contributed by atoms with van der Waals surface area (Å²) in [6.07, 6.45) is 3.85. The van der Waals surface area contributed by atoms with Crippen LogP contribution in [0.4, 0.5) is 0 Å². The molecule has 0 bridgehead atoms. The number of thioether (sulfide) groups is 1. The lowest BCUT2D eigenvalue weighted by Gasteiger charge is -1.78. The Morgan fingerprint density at radius 2 is 2.50 bits per heavy atom. The maximum Gasteiger partial charge on any atom is 0.0172 e. The van der Waals surface area contributed by atoms with Crippen molar-refractivity contribution in [1.82, 2.24) is 0 Å². The Morgan fingerprint density at radius 3 is 2.67 bits per heavy atom. The van der Waals surface area contributed by atoms with E-state index in [9.17, 15) is 0 Å². The molecular formula is C5H4S. The summed E-state index contributed by atoms with van der Waals surface area (Å²) in [4.78, 5) is 0. The van der Waals surface area contributed by atoms with Crippen LogP contribution in [0.3, 0.4) is 0 Å². The molecule has 1 rings (SSSR count). The van der Waals surface area contributed by atoms with E-state index in [1.807, 2.05) is 23.0 Å². The third-order valence-corrected chi connectivity index (χ3v) is 1.07. The fourth-order valence-corrected chi connectivity index (χ4v) is 0.663. The van der Waals surface area contributed by atoms with Crippen molar-refractivity contribution < 1.29 is 0 Å². The van der Waals surface area contributed by atoms with Gasteiger partial charge in [-0.1, -0.05) is 11.8 Å². The SMILES string of the molecule is C1=CC=CSC=1. The van der Waals surface area contributed by atoms with Crippen molar-refractivity contribution in [3.8, 4) is 0 Å². The third kappa shape index (κ3) is 0.781. The molecular weight excluding hydrogens is 92.1 g/mol. The van der Waals surface area contributed by atoms with Gasteiger partial charge in [0.25, 0.3) is 0 Å². The summed E-state index contributed by atoms with van der Waals surface area (Å²) in [6.45, 7) is 0. The number of hydrogen-bond acceptors (Lipinski definition) is 1. The summed E-state index contributed by atoms with van der Waals surface area (Å²) in [5.74, 6) is 0. The zero-order valence-electron chi connectivity index (χ0n) is 3.22. The lowest BCUT2D eigenvalue weighted by Crippen LogP contribution is -1.48. The lowest BCUT2D eigenvalue weighted by molar-refractivity contribution is 2.04. The molecule has 1 heteroatoms. The molecule has 1 aliphatic rings. The summed E-state index contributed by atoms with van der Waals surface area (Å²) in [6, 6.07) is 0. The van der Waals surface area contributed by atoms with Crippen LogP contribution in [0.5, 0.6) is 0 Å². The minimum Gasteiger partial charge on any atom is -0.114 e. The normalized spacial score (nSPS) is 16.0. The van der Waals surface area contributed by atoms with Gasteiger partial charge in [-0.3, -0.25) is 0 Å². The quantitative estimate of drug-likeness (QED) is 0.415. The van der Waals surface area contributed by atoms with E-state index in [-0.39, 0.29) is 0 Å². The highest BCUT2D eigenvalue weighted by molar-refractivity contribution is 8.04. The van der Waals surface area contributed by atoms with Crippen LogP contribution in [-0.4, -0.2) is 0 Å². The largest absolute Gasteiger partial charge is 0.114 e. The van der Waals surface area contributed by atoms with Gasteiger partial charge in [-0.2, -0.15) is 0 Å². The fraction of sp³-hybridized carbons (Fsp3) is 0. The van der Waals surface area contributed by atoms with Crippen LogP contribution in [0.2, 0.25) is 0 Å². The van der Waals surface area contributed by atoms with E-state index >= 15 is 0 Å². The molecule has 0 aromatic rings. The molecule has 0 nitrogen and oxygen atoms in total. The summed E-state index contributed by atoms with van der Waals surface area (Å²) in [5, 5.41) is 3.93. The molecule has 0 radical (unpaired) electrons. The zero-order chi connectivity index (χ0) is 4.24. The molecule has 0 saturated carbocycles. The summed E-state index contributed by atoms with van der Waals surface area (Å²) >= 11 is 1.65. The smallest absolute Gasteiger partial charge is 0.0172 e. The van der Waals surface area contributed by atoms with Crippen molar-refractivity contribution in [3.05, 3.63) is 28.7 Å². The Bertz CT molecular complexity index is 116. The molecule has 0 amide bonds. The van der Waals surface area contributed by atoms with Crippen LogP contribution in [0.25, 0.3) is 0 Å². The minimum atomic E-state index is 1.65. The number of allylic oxidation sites excluding steroid dienone is 2. The molecule has 0 fully saturated rings. The van der Waals surface area contributed by atoms with Crippen molar-refractivity contribution in [2.24, 2.45) is 0 Å². The van der Waals surface area contributed by atoms with Gasteiger partial charge in [-0.25, -0.2) is 0 Å². The molecule has 0 aliphatic carbocycles. The highest BCUT2D eigenvalue weighted by Gasteiger charge is 1.69. The molecule has 0 aromatic heterocycles. The van der Waals surface area contributed by atoms with Crippen LogP contribution in [0, 0.1) is 0 Å². The van der Waals surface area contributed by atoms with Gasteiger partial charge in [0.2, 0.25) is 0 Å². The number of hydrogen-bond donors (Lipinski definition) is 0. The lowest BCUT2D eigenvalue weighted by atomic mass is 10.6. The first-order valence-corrected chi connectivity index (χ1v) is 2.66. The van der Waals surface area contributed by atoms with Gasteiger partial charge in [-0.15, -0.1) is 5.73 Å². The van der Waals surface area contributed by atoms with Crippen molar-refractivity contribution in [3.63, 3.8) is 0 Å². The standard InChI is InChI=1S/C5H4S/c1-2-4-6-5-3-1/h1-2,4-5H. The van der Waals surface area contributed by atoms with Gasteiger partial charge in [0, 0.05) is 5.41 Å². The van der Waals surface area contributed by atoms with Crippen LogP contribution in [0.1, 0.15) is 0 Å². The molecule has 0 aromatic carbocycles. The minimum absolute atomic E-state index is 1.65. The topological polar surface area (TPSA) is 0 Å². The molecule has 0 atom stereocenters. The Hall–Kier alpha value is -0.390. The van der Waals surface area contributed by atoms with Gasteiger partial charge in [0.05, 0.1) is 0 Å². The van der Waals surface area contributed by atoms with Gasteiger partial charge >= 0.3 is 0 Å². The molecule has 30 valence electrons. The first kappa shape index (κ1) is 3.79. The summed E-state index contributed by atoms with van der Waals surface area (Å²) in [5.41, 5.74) is 2.91. The predicted molar refractivity (Wildman–Crippen MR) is 29.4 cm³/mol. The molecule has 1 heterocycles. The second-order valence-electron chi connectivity index (χ2n) is 0.916.